The Morgan fingerprint density at radius 2 is 2.05 bits per heavy atom. The molecule has 0 radical (unpaired) electrons. The second-order valence-corrected chi connectivity index (χ2v) is 5.75. The third kappa shape index (κ3) is 4.30. The van der Waals surface area contributed by atoms with E-state index in [1.54, 1.807) is 27.7 Å². The van der Waals surface area contributed by atoms with Gasteiger partial charge in [-0.15, -0.1) is 0 Å². The van der Waals surface area contributed by atoms with Crippen molar-refractivity contribution >= 4 is 17.6 Å². The predicted octanol–water partition coefficient (Wildman–Crippen LogP) is 1.96. The minimum atomic E-state index is -1.04. The highest BCUT2D eigenvalue weighted by Crippen LogP contribution is 2.21. The monoisotopic (exact) mass is 297 g/mol. The van der Waals surface area contributed by atoms with Crippen LogP contribution in [-0.2, 0) is 4.79 Å². The van der Waals surface area contributed by atoms with Gasteiger partial charge in [-0.05, 0) is 27.7 Å². The first-order valence-corrected chi connectivity index (χ1v) is 6.44. The van der Waals surface area contributed by atoms with Gasteiger partial charge in [-0.3, -0.25) is 19.7 Å². The lowest BCUT2D eigenvalue weighted by Crippen LogP contribution is -2.45. The van der Waals surface area contributed by atoms with E-state index < -0.39 is 22.3 Å². The second kappa shape index (κ2) is 5.94. The number of carbonyl (C=O) groups is 2. The molecule has 116 valence electrons. The normalized spacial score (nSPS) is 11.5. The highest BCUT2D eigenvalue weighted by molar-refractivity contribution is 5.94. The van der Waals surface area contributed by atoms with Crippen molar-refractivity contribution in [3.63, 3.8) is 0 Å². The average Bonchev–Trinajstić information content (AvgIpc) is 2.70. The van der Waals surface area contributed by atoms with Crippen molar-refractivity contribution in [2.75, 3.05) is 0 Å². The quantitative estimate of drug-likeness (QED) is 0.615. The number of rotatable bonds is 6. The summed E-state index contributed by atoms with van der Waals surface area (Å²) in [4.78, 5) is 33.3. The molecule has 8 nitrogen and oxygen atoms in total. The highest BCUT2D eigenvalue weighted by Gasteiger charge is 2.27. The molecule has 0 aliphatic heterocycles. The van der Waals surface area contributed by atoms with Gasteiger partial charge in [-0.2, -0.15) is 0 Å². The van der Waals surface area contributed by atoms with Crippen molar-refractivity contribution in [1.82, 2.24) is 9.88 Å². The Hall–Kier alpha value is -2.38. The number of nitrogens with zero attached hydrogens (tertiary/aromatic N) is 2. The third-order valence-electron chi connectivity index (χ3n) is 2.88. The number of carbonyl (C=O) groups excluding carboxylic acids is 1. The van der Waals surface area contributed by atoms with Crippen molar-refractivity contribution in [3.8, 4) is 0 Å². The van der Waals surface area contributed by atoms with E-state index >= 15 is 0 Å². The van der Waals surface area contributed by atoms with Crippen LogP contribution in [-0.4, -0.2) is 32.0 Å². The van der Waals surface area contributed by atoms with E-state index in [9.17, 15) is 19.7 Å². The fourth-order valence-electron chi connectivity index (χ4n) is 1.97. The van der Waals surface area contributed by atoms with Crippen LogP contribution in [0.1, 0.15) is 50.6 Å². The Balaban J connectivity index is 3.06. The molecular formula is C13H19N3O5. The highest BCUT2D eigenvalue weighted by atomic mass is 16.6. The summed E-state index contributed by atoms with van der Waals surface area (Å²) in [7, 11) is 0. The van der Waals surface area contributed by atoms with Crippen molar-refractivity contribution in [2.24, 2.45) is 0 Å². The SMILES string of the molecule is CC(C)n1cc([N+](=O)[O-])cc1C(=O)NC(C)(C)CC(=O)O. The predicted molar refractivity (Wildman–Crippen MR) is 75.3 cm³/mol. The minimum Gasteiger partial charge on any atom is -0.481 e. The summed E-state index contributed by atoms with van der Waals surface area (Å²) in [6, 6.07) is 1.05. The Morgan fingerprint density at radius 3 is 2.48 bits per heavy atom. The zero-order valence-corrected chi connectivity index (χ0v) is 12.4. The van der Waals surface area contributed by atoms with E-state index in [1.807, 2.05) is 0 Å². The lowest BCUT2D eigenvalue weighted by atomic mass is 10.0. The maximum Gasteiger partial charge on any atom is 0.305 e. The molecule has 0 fully saturated rings. The summed E-state index contributed by atoms with van der Waals surface area (Å²) >= 11 is 0. The molecule has 1 rings (SSSR count). The molecule has 2 N–H and O–H groups in total. The molecule has 0 saturated heterocycles. The molecule has 1 heterocycles. The van der Waals surface area contributed by atoms with Crippen LogP contribution >= 0.6 is 0 Å². The van der Waals surface area contributed by atoms with E-state index in [4.69, 9.17) is 5.11 Å². The first kappa shape index (κ1) is 16.7. The second-order valence-electron chi connectivity index (χ2n) is 5.75. The van der Waals surface area contributed by atoms with Crippen LogP contribution in [0.15, 0.2) is 12.3 Å². The maximum atomic E-state index is 12.3. The van der Waals surface area contributed by atoms with Gasteiger partial charge in [-0.1, -0.05) is 0 Å². The van der Waals surface area contributed by atoms with Crippen LogP contribution in [0, 0.1) is 10.1 Å². The number of carboxylic acid groups (broad SMARTS) is 1. The fraction of sp³-hybridized carbons (Fsp3) is 0.538. The van der Waals surface area contributed by atoms with Gasteiger partial charge in [0.25, 0.3) is 11.6 Å². The molecule has 0 saturated carbocycles. The van der Waals surface area contributed by atoms with Crippen molar-refractivity contribution in [1.29, 1.82) is 0 Å². The van der Waals surface area contributed by atoms with Crippen LogP contribution in [0.25, 0.3) is 0 Å². The molecule has 1 aromatic rings. The van der Waals surface area contributed by atoms with Crippen LogP contribution in [0.4, 0.5) is 5.69 Å². The lowest BCUT2D eigenvalue weighted by molar-refractivity contribution is -0.384. The standard InChI is InChI=1S/C13H19N3O5/c1-8(2)15-7-9(16(20)21)5-10(15)12(19)14-13(3,4)6-11(17)18/h5,7-8H,6H2,1-4H3,(H,14,19)(H,17,18). The van der Waals surface area contributed by atoms with Gasteiger partial charge in [0.05, 0.1) is 17.5 Å². The molecule has 8 heteroatoms. The number of hydrogen-bond acceptors (Lipinski definition) is 4. The molecule has 0 aliphatic rings. The summed E-state index contributed by atoms with van der Waals surface area (Å²) < 4.78 is 1.49. The van der Waals surface area contributed by atoms with E-state index in [0.29, 0.717) is 0 Å². The van der Waals surface area contributed by atoms with Crippen molar-refractivity contribution < 1.29 is 19.6 Å². The van der Waals surface area contributed by atoms with Crippen LogP contribution in [0.2, 0.25) is 0 Å². The number of aliphatic carboxylic acids is 1. The Morgan fingerprint density at radius 1 is 1.48 bits per heavy atom. The summed E-state index contributed by atoms with van der Waals surface area (Å²) in [6.45, 7) is 6.75. The number of hydrogen-bond donors (Lipinski definition) is 2. The average molecular weight is 297 g/mol. The first-order valence-electron chi connectivity index (χ1n) is 6.44. The van der Waals surface area contributed by atoms with Crippen LogP contribution in [0.3, 0.4) is 0 Å². The van der Waals surface area contributed by atoms with Gasteiger partial charge in [0, 0.05) is 17.6 Å². The topological polar surface area (TPSA) is 114 Å². The van der Waals surface area contributed by atoms with Crippen LogP contribution < -0.4 is 5.32 Å². The molecular weight excluding hydrogens is 278 g/mol. The van der Waals surface area contributed by atoms with Crippen molar-refractivity contribution in [3.05, 3.63) is 28.1 Å². The molecule has 0 spiro atoms. The lowest BCUT2D eigenvalue weighted by Gasteiger charge is -2.24. The van der Waals surface area contributed by atoms with Crippen molar-refractivity contribution in [2.45, 2.75) is 45.7 Å². The Labute approximate surface area is 121 Å². The van der Waals surface area contributed by atoms with E-state index in [1.165, 1.54) is 16.8 Å². The third-order valence-corrected chi connectivity index (χ3v) is 2.88. The molecule has 0 atom stereocenters. The van der Waals surface area contributed by atoms with Crippen LogP contribution in [0.5, 0.6) is 0 Å². The first-order chi connectivity index (χ1) is 9.53. The Kier molecular flexibility index (Phi) is 4.72. The Bertz CT molecular complexity index is 574. The summed E-state index contributed by atoms with van der Waals surface area (Å²) in [5, 5.41) is 22.2. The number of nitro groups is 1. The molecule has 0 unspecified atom stereocenters. The minimum absolute atomic E-state index is 0.134. The summed E-state index contributed by atoms with van der Waals surface area (Å²) in [6.07, 6.45) is 1.05. The maximum absolute atomic E-state index is 12.3. The molecule has 0 aliphatic carbocycles. The largest absolute Gasteiger partial charge is 0.481 e. The molecule has 1 amide bonds. The number of carboxylic acids is 1. The smallest absolute Gasteiger partial charge is 0.305 e. The van der Waals surface area contributed by atoms with Gasteiger partial charge in [0.2, 0.25) is 0 Å². The zero-order chi connectivity index (χ0) is 16.4. The number of amides is 1. The van der Waals surface area contributed by atoms with Gasteiger partial charge in [-0.25, -0.2) is 0 Å². The van der Waals surface area contributed by atoms with E-state index in [-0.39, 0.29) is 23.8 Å². The molecule has 21 heavy (non-hydrogen) atoms. The zero-order valence-electron chi connectivity index (χ0n) is 12.4. The summed E-state index contributed by atoms with van der Waals surface area (Å²) in [5.41, 5.74) is -0.996. The van der Waals surface area contributed by atoms with E-state index in [2.05, 4.69) is 5.32 Å². The molecule has 0 bridgehead atoms. The molecule has 0 aromatic carbocycles. The number of aromatic nitrogens is 1. The van der Waals surface area contributed by atoms with Gasteiger partial charge < -0.3 is 15.0 Å². The fourth-order valence-corrected chi connectivity index (χ4v) is 1.97. The van der Waals surface area contributed by atoms with Gasteiger partial charge in [0.15, 0.2) is 0 Å². The van der Waals surface area contributed by atoms with Gasteiger partial charge in [0.1, 0.15) is 5.69 Å². The summed E-state index contributed by atoms with van der Waals surface area (Å²) in [5.74, 6) is -1.58. The number of nitrogens with one attached hydrogen (secondary N) is 1. The van der Waals surface area contributed by atoms with E-state index in [0.717, 1.165) is 0 Å². The molecule has 1 aromatic heterocycles. The van der Waals surface area contributed by atoms with Gasteiger partial charge >= 0.3 is 5.97 Å².